The van der Waals surface area contributed by atoms with Crippen molar-refractivity contribution < 1.29 is 19.1 Å². The molecule has 1 atom stereocenters. The molecule has 27 heavy (non-hydrogen) atoms. The Bertz CT molecular complexity index is 786. The molecule has 2 N–H and O–H groups in total. The summed E-state index contributed by atoms with van der Waals surface area (Å²) in [4.78, 5) is 28.7. The summed E-state index contributed by atoms with van der Waals surface area (Å²) in [5.74, 6) is 0.114. The highest BCUT2D eigenvalue weighted by atomic mass is 16.5. The van der Waals surface area contributed by atoms with Crippen LogP contribution in [0.3, 0.4) is 0 Å². The maximum Gasteiger partial charge on any atom is 0.270 e. The molecule has 1 aromatic carbocycles. The van der Waals surface area contributed by atoms with Crippen molar-refractivity contribution in [2.75, 3.05) is 20.3 Å². The Morgan fingerprint density at radius 2 is 1.81 bits per heavy atom. The Kier molecular flexibility index (Phi) is 6.38. The van der Waals surface area contributed by atoms with Gasteiger partial charge >= 0.3 is 0 Å². The van der Waals surface area contributed by atoms with Crippen LogP contribution in [-0.2, 0) is 11.3 Å². The Morgan fingerprint density at radius 3 is 2.44 bits per heavy atom. The second kappa shape index (κ2) is 9.14. The molecular formula is C20H23N3O4. The molecule has 2 heterocycles. The molecule has 1 aromatic heterocycles. The quantitative estimate of drug-likeness (QED) is 0.778. The van der Waals surface area contributed by atoms with Gasteiger partial charge in [0.25, 0.3) is 11.8 Å². The highest BCUT2D eigenvalue weighted by Crippen LogP contribution is 2.12. The standard InChI is InChI=1S/C20H23N3O4/c1-26-15-9-7-14(8-10-15)12-21-19(24)17-5-2-6-18(23-17)20(25)22-13-16-4-3-11-27-16/h2,5-10,16H,3-4,11-13H2,1H3,(H,21,24)(H,22,25). The van der Waals surface area contributed by atoms with E-state index in [0.29, 0.717) is 13.1 Å². The molecule has 1 unspecified atom stereocenters. The number of hydrogen-bond acceptors (Lipinski definition) is 5. The Hall–Kier alpha value is -2.93. The summed E-state index contributed by atoms with van der Waals surface area (Å²) in [6.45, 7) is 1.55. The lowest BCUT2D eigenvalue weighted by Crippen LogP contribution is -2.32. The van der Waals surface area contributed by atoms with Gasteiger partial charge in [0.15, 0.2) is 0 Å². The lowest BCUT2D eigenvalue weighted by molar-refractivity contribution is 0.0853. The molecular weight excluding hydrogens is 346 g/mol. The molecule has 0 bridgehead atoms. The number of carbonyl (C=O) groups excluding carboxylic acids is 2. The first-order chi connectivity index (χ1) is 13.2. The molecule has 0 radical (unpaired) electrons. The SMILES string of the molecule is COc1ccc(CNC(=O)c2cccc(C(=O)NCC3CCCO3)n2)cc1. The van der Waals surface area contributed by atoms with E-state index in [0.717, 1.165) is 30.8 Å². The van der Waals surface area contributed by atoms with Crippen molar-refractivity contribution >= 4 is 11.8 Å². The van der Waals surface area contributed by atoms with E-state index >= 15 is 0 Å². The second-order valence-electron chi connectivity index (χ2n) is 6.28. The average Bonchev–Trinajstić information content (AvgIpc) is 3.24. The van der Waals surface area contributed by atoms with Gasteiger partial charge in [0.1, 0.15) is 17.1 Å². The molecule has 0 spiro atoms. The van der Waals surface area contributed by atoms with Crippen LogP contribution in [0.15, 0.2) is 42.5 Å². The smallest absolute Gasteiger partial charge is 0.270 e. The van der Waals surface area contributed by atoms with Crippen molar-refractivity contribution in [3.8, 4) is 5.75 Å². The number of hydrogen-bond donors (Lipinski definition) is 2. The molecule has 1 aliphatic heterocycles. The molecule has 0 saturated carbocycles. The van der Waals surface area contributed by atoms with Crippen molar-refractivity contribution in [2.24, 2.45) is 0 Å². The highest BCUT2D eigenvalue weighted by molar-refractivity contribution is 5.96. The van der Waals surface area contributed by atoms with Crippen molar-refractivity contribution in [3.63, 3.8) is 0 Å². The summed E-state index contributed by atoms with van der Waals surface area (Å²) < 4.78 is 10.6. The summed E-state index contributed by atoms with van der Waals surface area (Å²) in [5, 5.41) is 5.61. The number of benzene rings is 1. The van der Waals surface area contributed by atoms with Gasteiger partial charge in [-0.25, -0.2) is 4.98 Å². The maximum atomic E-state index is 12.3. The van der Waals surface area contributed by atoms with Crippen LogP contribution in [0.2, 0.25) is 0 Å². The number of amides is 2. The number of rotatable bonds is 7. The summed E-state index contributed by atoms with van der Waals surface area (Å²) in [7, 11) is 1.60. The van der Waals surface area contributed by atoms with E-state index in [-0.39, 0.29) is 29.3 Å². The van der Waals surface area contributed by atoms with E-state index in [1.807, 2.05) is 24.3 Å². The predicted molar refractivity (Wildman–Crippen MR) is 99.7 cm³/mol. The molecule has 7 nitrogen and oxygen atoms in total. The third kappa shape index (κ3) is 5.27. The topological polar surface area (TPSA) is 89.5 Å². The summed E-state index contributed by atoms with van der Waals surface area (Å²) in [6.07, 6.45) is 2.02. The fourth-order valence-electron chi connectivity index (χ4n) is 2.81. The molecule has 1 fully saturated rings. The molecule has 7 heteroatoms. The summed E-state index contributed by atoms with van der Waals surface area (Å²) >= 11 is 0. The van der Waals surface area contributed by atoms with Crippen LogP contribution in [0.5, 0.6) is 5.75 Å². The van der Waals surface area contributed by atoms with Crippen molar-refractivity contribution in [1.29, 1.82) is 0 Å². The van der Waals surface area contributed by atoms with Crippen molar-refractivity contribution in [3.05, 3.63) is 59.4 Å². The van der Waals surface area contributed by atoms with Crippen LogP contribution in [0.4, 0.5) is 0 Å². The first-order valence-corrected chi connectivity index (χ1v) is 8.93. The van der Waals surface area contributed by atoms with Crippen LogP contribution in [-0.4, -0.2) is 43.2 Å². The Morgan fingerprint density at radius 1 is 1.11 bits per heavy atom. The van der Waals surface area contributed by atoms with Crippen LogP contribution in [0.25, 0.3) is 0 Å². The second-order valence-corrected chi connectivity index (χ2v) is 6.28. The molecule has 142 valence electrons. The summed E-state index contributed by atoms with van der Waals surface area (Å²) in [6, 6.07) is 12.2. The van der Waals surface area contributed by atoms with Gasteiger partial charge in [0, 0.05) is 19.7 Å². The number of carbonyl (C=O) groups is 2. The number of aromatic nitrogens is 1. The molecule has 1 saturated heterocycles. The molecule has 1 aliphatic rings. The molecule has 3 rings (SSSR count). The largest absolute Gasteiger partial charge is 0.497 e. The highest BCUT2D eigenvalue weighted by Gasteiger charge is 2.18. The molecule has 2 aromatic rings. The fraction of sp³-hybridized carbons (Fsp3) is 0.350. The molecule has 2 amide bonds. The zero-order chi connectivity index (χ0) is 19.1. The van der Waals surface area contributed by atoms with Crippen molar-refractivity contribution in [2.45, 2.75) is 25.5 Å². The van der Waals surface area contributed by atoms with E-state index < -0.39 is 0 Å². The Balaban J connectivity index is 1.54. The van der Waals surface area contributed by atoms with Gasteiger partial charge in [0.2, 0.25) is 0 Å². The van der Waals surface area contributed by atoms with Gasteiger partial charge in [-0.2, -0.15) is 0 Å². The minimum absolute atomic E-state index is 0.0601. The van der Waals surface area contributed by atoms with Crippen LogP contribution in [0.1, 0.15) is 39.4 Å². The first kappa shape index (κ1) is 18.8. The fourth-order valence-corrected chi connectivity index (χ4v) is 2.81. The van der Waals surface area contributed by atoms with Gasteiger partial charge < -0.3 is 20.1 Å². The van der Waals surface area contributed by atoms with Crippen LogP contribution < -0.4 is 15.4 Å². The van der Waals surface area contributed by atoms with Gasteiger partial charge in [0.05, 0.1) is 13.2 Å². The third-order valence-electron chi connectivity index (χ3n) is 4.34. The monoisotopic (exact) mass is 369 g/mol. The van der Waals surface area contributed by atoms with Gasteiger partial charge in [-0.1, -0.05) is 18.2 Å². The number of nitrogens with one attached hydrogen (secondary N) is 2. The predicted octanol–water partition coefficient (Wildman–Crippen LogP) is 1.93. The normalized spacial score (nSPS) is 16.0. The van der Waals surface area contributed by atoms with E-state index in [9.17, 15) is 9.59 Å². The van der Waals surface area contributed by atoms with Crippen LogP contribution >= 0.6 is 0 Å². The average molecular weight is 369 g/mol. The first-order valence-electron chi connectivity index (χ1n) is 8.93. The zero-order valence-corrected chi connectivity index (χ0v) is 15.2. The lowest BCUT2D eigenvalue weighted by Gasteiger charge is -2.11. The van der Waals surface area contributed by atoms with Crippen molar-refractivity contribution in [1.82, 2.24) is 15.6 Å². The minimum atomic E-state index is -0.334. The van der Waals surface area contributed by atoms with Gasteiger partial charge in [-0.3, -0.25) is 9.59 Å². The number of methoxy groups -OCH3 is 1. The van der Waals surface area contributed by atoms with E-state index in [4.69, 9.17) is 9.47 Å². The lowest BCUT2D eigenvalue weighted by atomic mass is 10.2. The van der Waals surface area contributed by atoms with E-state index in [1.165, 1.54) is 0 Å². The van der Waals surface area contributed by atoms with E-state index in [2.05, 4.69) is 15.6 Å². The summed E-state index contributed by atoms with van der Waals surface area (Å²) in [5.41, 5.74) is 1.35. The number of pyridine rings is 1. The maximum absolute atomic E-state index is 12.3. The van der Waals surface area contributed by atoms with E-state index in [1.54, 1.807) is 25.3 Å². The third-order valence-corrected chi connectivity index (χ3v) is 4.34. The van der Waals surface area contributed by atoms with Gasteiger partial charge in [-0.05, 0) is 42.7 Å². The minimum Gasteiger partial charge on any atom is -0.497 e. The van der Waals surface area contributed by atoms with Gasteiger partial charge in [-0.15, -0.1) is 0 Å². The zero-order valence-electron chi connectivity index (χ0n) is 15.2. The molecule has 0 aliphatic carbocycles. The number of ether oxygens (including phenoxy) is 2. The Labute approximate surface area is 158 Å². The van der Waals surface area contributed by atoms with Crippen LogP contribution in [0, 0.1) is 0 Å². The number of nitrogens with zero attached hydrogens (tertiary/aromatic N) is 1.